The third-order valence-electron chi connectivity index (χ3n) is 6.08. The number of likely N-dealkylation sites (N-methyl/N-ethyl adjacent to an activating group) is 1. The van der Waals surface area contributed by atoms with Crippen molar-refractivity contribution in [1.82, 2.24) is 9.80 Å². The van der Waals surface area contributed by atoms with Gasteiger partial charge in [-0.25, -0.2) is 0 Å². The molecule has 2 N–H and O–H groups in total. The molecular weight excluding hydrogens is 258 g/mol. The Kier molecular flexibility index (Phi) is 6.10. The molecule has 0 spiro atoms. The standard InChI is InChI=1S/C18H37N3/c1-15(2)16-7-5-10-18(14-19,11-9-16)21-12-6-8-17(21)13-20(3)4/h15-17H,5-14,19H2,1-4H3. The first-order valence-corrected chi connectivity index (χ1v) is 9.10. The Labute approximate surface area is 132 Å². The van der Waals surface area contributed by atoms with Gasteiger partial charge in [0.05, 0.1) is 0 Å². The van der Waals surface area contributed by atoms with Crippen molar-refractivity contribution in [3.8, 4) is 0 Å². The monoisotopic (exact) mass is 295 g/mol. The van der Waals surface area contributed by atoms with E-state index in [1.165, 1.54) is 58.0 Å². The highest BCUT2D eigenvalue weighted by molar-refractivity contribution is 5.00. The largest absolute Gasteiger partial charge is 0.329 e. The molecule has 0 radical (unpaired) electrons. The van der Waals surface area contributed by atoms with Gasteiger partial charge in [-0.15, -0.1) is 0 Å². The number of nitrogens with two attached hydrogens (primary N) is 1. The maximum atomic E-state index is 6.35. The molecule has 3 nitrogen and oxygen atoms in total. The topological polar surface area (TPSA) is 32.5 Å². The average Bonchev–Trinajstić information content (AvgIpc) is 2.76. The first-order chi connectivity index (χ1) is 9.98. The normalized spacial score (nSPS) is 35.6. The van der Waals surface area contributed by atoms with Crippen LogP contribution in [0.3, 0.4) is 0 Å². The summed E-state index contributed by atoms with van der Waals surface area (Å²) in [4.78, 5) is 5.16. The number of likely N-dealkylation sites (tertiary alicyclic amines) is 1. The molecule has 0 aromatic rings. The molecule has 1 heterocycles. The third kappa shape index (κ3) is 4.00. The molecule has 0 aromatic carbocycles. The zero-order valence-corrected chi connectivity index (χ0v) is 14.8. The van der Waals surface area contributed by atoms with Crippen LogP contribution in [0.4, 0.5) is 0 Å². The summed E-state index contributed by atoms with van der Waals surface area (Å²) in [5.41, 5.74) is 6.64. The zero-order chi connectivity index (χ0) is 15.5. The molecule has 0 bridgehead atoms. The molecule has 3 unspecified atom stereocenters. The Morgan fingerprint density at radius 2 is 1.90 bits per heavy atom. The summed E-state index contributed by atoms with van der Waals surface area (Å²) < 4.78 is 0. The molecule has 124 valence electrons. The lowest BCUT2D eigenvalue weighted by Gasteiger charge is -2.45. The Bertz CT molecular complexity index is 316. The predicted octanol–water partition coefficient (Wildman–Crippen LogP) is 2.95. The second kappa shape index (κ2) is 7.43. The highest BCUT2D eigenvalue weighted by atomic mass is 15.3. The van der Waals surface area contributed by atoms with E-state index in [9.17, 15) is 0 Å². The lowest BCUT2D eigenvalue weighted by molar-refractivity contribution is 0.0530. The first kappa shape index (κ1) is 17.2. The Morgan fingerprint density at radius 1 is 1.14 bits per heavy atom. The molecule has 1 aliphatic heterocycles. The van der Waals surface area contributed by atoms with Gasteiger partial charge in [-0.2, -0.15) is 0 Å². The highest BCUT2D eigenvalue weighted by Gasteiger charge is 2.42. The first-order valence-electron chi connectivity index (χ1n) is 9.10. The molecule has 3 heteroatoms. The number of rotatable bonds is 5. The fourth-order valence-corrected chi connectivity index (χ4v) is 4.76. The molecular formula is C18H37N3. The summed E-state index contributed by atoms with van der Waals surface area (Å²) in [7, 11) is 4.40. The minimum atomic E-state index is 0.292. The van der Waals surface area contributed by atoms with Gasteiger partial charge in [0.25, 0.3) is 0 Å². The second-order valence-electron chi connectivity index (χ2n) is 8.12. The minimum Gasteiger partial charge on any atom is -0.329 e. The van der Waals surface area contributed by atoms with Crippen molar-refractivity contribution in [2.45, 2.75) is 70.4 Å². The quantitative estimate of drug-likeness (QED) is 0.792. The minimum absolute atomic E-state index is 0.292. The molecule has 1 saturated heterocycles. The van der Waals surface area contributed by atoms with E-state index in [1.807, 2.05) is 0 Å². The average molecular weight is 296 g/mol. The maximum Gasteiger partial charge on any atom is 0.0335 e. The van der Waals surface area contributed by atoms with Gasteiger partial charge in [-0.05, 0) is 64.6 Å². The van der Waals surface area contributed by atoms with Crippen LogP contribution in [0.1, 0.15) is 58.8 Å². The van der Waals surface area contributed by atoms with E-state index in [1.54, 1.807) is 0 Å². The van der Waals surface area contributed by atoms with Gasteiger partial charge < -0.3 is 10.6 Å². The Hall–Kier alpha value is -0.120. The zero-order valence-electron chi connectivity index (χ0n) is 14.8. The molecule has 21 heavy (non-hydrogen) atoms. The molecule has 2 rings (SSSR count). The molecule has 2 fully saturated rings. The molecule has 0 aromatic heterocycles. The summed E-state index contributed by atoms with van der Waals surface area (Å²) in [6.07, 6.45) is 9.49. The number of nitrogens with zero attached hydrogens (tertiary/aromatic N) is 2. The Balaban J connectivity index is 2.09. The molecule has 3 atom stereocenters. The second-order valence-corrected chi connectivity index (χ2v) is 8.12. The van der Waals surface area contributed by atoms with Crippen molar-refractivity contribution < 1.29 is 0 Å². The van der Waals surface area contributed by atoms with Crippen LogP contribution >= 0.6 is 0 Å². The smallest absolute Gasteiger partial charge is 0.0335 e. The lowest BCUT2D eigenvalue weighted by atomic mass is 9.85. The van der Waals surface area contributed by atoms with Gasteiger partial charge in [0.1, 0.15) is 0 Å². The summed E-state index contributed by atoms with van der Waals surface area (Å²) in [6.45, 7) is 8.09. The fraction of sp³-hybridized carbons (Fsp3) is 1.00. The predicted molar refractivity (Wildman–Crippen MR) is 91.5 cm³/mol. The summed E-state index contributed by atoms with van der Waals surface area (Å²) in [6, 6.07) is 0.721. The Morgan fingerprint density at radius 3 is 2.52 bits per heavy atom. The van der Waals surface area contributed by atoms with Crippen LogP contribution in [0, 0.1) is 11.8 Å². The van der Waals surface area contributed by atoms with Crippen molar-refractivity contribution in [3.05, 3.63) is 0 Å². The molecule has 2 aliphatic rings. The number of hydrogen-bond donors (Lipinski definition) is 1. The fourth-order valence-electron chi connectivity index (χ4n) is 4.76. The van der Waals surface area contributed by atoms with Crippen LogP contribution in [-0.4, -0.2) is 55.1 Å². The van der Waals surface area contributed by atoms with E-state index in [0.717, 1.165) is 24.4 Å². The molecule has 1 saturated carbocycles. The van der Waals surface area contributed by atoms with E-state index in [4.69, 9.17) is 5.73 Å². The van der Waals surface area contributed by atoms with E-state index >= 15 is 0 Å². The summed E-state index contributed by atoms with van der Waals surface area (Å²) >= 11 is 0. The van der Waals surface area contributed by atoms with E-state index in [2.05, 4.69) is 37.7 Å². The van der Waals surface area contributed by atoms with Gasteiger partial charge in [-0.3, -0.25) is 4.90 Å². The lowest BCUT2D eigenvalue weighted by Crippen LogP contribution is -2.57. The van der Waals surface area contributed by atoms with Crippen LogP contribution in [0.5, 0.6) is 0 Å². The summed E-state index contributed by atoms with van der Waals surface area (Å²) in [5, 5.41) is 0. The van der Waals surface area contributed by atoms with Gasteiger partial charge in [0.2, 0.25) is 0 Å². The van der Waals surface area contributed by atoms with E-state index in [-0.39, 0.29) is 0 Å². The maximum absolute atomic E-state index is 6.35. The highest BCUT2D eigenvalue weighted by Crippen LogP contribution is 2.40. The van der Waals surface area contributed by atoms with Crippen LogP contribution in [0.15, 0.2) is 0 Å². The summed E-state index contributed by atoms with van der Waals surface area (Å²) in [5.74, 6) is 1.74. The van der Waals surface area contributed by atoms with Gasteiger partial charge in [0.15, 0.2) is 0 Å². The molecule has 1 aliphatic carbocycles. The van der Waals surface area contributed by atoms with E-state index in [0.29, 0.717) is 5.54 Å². The van der Waals surface area contributed by atoms with Gasteiger partial charge in [0, 0.05) is 24.7 Å². The van der Waals surface area contributed by atoms with Gasteiger partial charge >= 0.3 is 0 Å². The third-order valence-corrected chi connectivity index (χ3v) is 6.08. The van der Waals surface area contributed by atoms with Crippen molar-refractivity contribution >= 4 is 0 Å². The van der Waals surface area contributed by atoms with Gasteiger partial charge in [-0.1, -0.05) is 26.7 Å². The van der Waals surface area contributed by atoms with Crippen molar-refractivity contribution in [3.63, 3.8) is 0 Å². The van der Waals surface area contributed by atoms with Crippen molar-refractivity contribution in [2.75, 3.05) is 33.7 Å². The van der Waals surface area contributed by atoms with Crippen LogP contribution in [0.2, 0.25) is 0 Å². The van der Waals surface area contributed by atoms with Crippen molar-refractivity contribution in [2.24, 2.45) is 17.6 Å². The number of hydrogen-bond acceptors (Lipinski definition) is 3. The van der Waals surface area contributed by atoms with Crippen LogP contribution < -0.4 is 5.73 Å². The van der Waals surface area contributed by atoms with E-state index < -0.39 is 0 Å². The van der Waals surface area contributed by atoms with Crippen LogP contribution in [-0.2, 0) is 0 Å². The van der Waals surface area contributed by atoms with Crippen LogP contribution in [0.25, 0.3) is 0 Å². The van der Waals surface area contributed by atoms with Crippen molar-refractivity contribution in [1.29, 1.82) is 0 Å². The molecule has 0 amide bonds. The SMILES string of the molecule is CC(C)C1CCCC(CN)(N2CCCC2CN(C)C)CC1.